The largest absolute Gasteiger partial charge is 0.382 e. The van der Waals surface area contributed by atoms with E-state index in [-0.39, 0.29) is 6.04 Å². The topological polar surface area (TPSA) is 124 Å². The van der Waals surface area contributed by atoms with E-state index in [0.717, 1.165) is 0 Å². The molecule has 4 aromatic rings. The number of rotatable bonds is 6. The Morgan fingerprint density at radius 1 is 0.917 bits per heavy atom. The first-order valence-electron chi connectivity index (χ1n) is 11.1. The lowest BCUT2D eigenvalue weighted by Crippen LogP contribution is -2.56. The second-order valence-corrected chi connectivity index (χ2v) is 7.89. The van der Waals surface area contributed by atoms with E-state index >= 15 is 0 Å². The number of ether oxygens (including phenoxy) is 1. The zero-order chi connectivity index (χ0) is 24.7. The number of hydrogen-bond acceptors (Lipinski definition) is 11. The van der Waals surface area contributed by atoms with Crippen LogP contribution in [0.25, 0.3) is 11.4 Å². The van der Waals surface area contributed by atoms with Gasteiger partial charge in [-0.2, -0.15) is 5.10 Å². The van der Waals surface area contributed by atoms with Crippen LogP contribution in [0.15, 0.2) is 49.8 Å². The van der Waals surface area contributed by atoms with Crippen molar-refractivity contribution in [1.82, 2.24) is 44.7 Å². The minimum Gasteiger partial charge on any atom is -0.382 e. The summed E-state index contributed by atoms with van der Waals surface area (Å²) in [5, 5.41) is 3.88. The molecule has 4 aromatic heterocycles. The number of methoxy groups -OCH3 is 1. The fraction of sp³-hybridized carbons (Fsp3) is 0.304. The van der Waals surface area contributed by atoms with Gasteiger partial charge in [-0.15, -0.1) is 0 Å². The molecule has 1 atom stereocenters. The highest BCUT2D eigenvalue weighted by atomic mass is 19.1. The van der Waals surface area contributed by atoms with Crippen molar-refractivity contribution in [2.24, 2.45) is 0 Å². The lowest BCUT2D eigenvalue weighted by Gasteiger charge is -2.40. The summed E-state index contributed by atoms with van der Waals surface area (Å²) in [6.07, 6.45) is 12.7. The number of piperazine rings is 1. The summed E-state index contributed by atoms with van der Waals surface area (Å²) in [6.45, 7) is 1.90. The summed E-state index contributed by atoms with van der Waals surface area (Å²) in [7, 11) is 1.67. The maximum absolute atomic E-state index is 12.7. The molecule has 36 heavy (non-hydrogen) atoms. The number of nitrogens with zero attached hydrogens (tertiary/aromatic N) is 11. The summed E-state index contributed by atoms with van der Waals surface area (Å²) >= 11 is 0. The van der Waals surface area contributed by atoms with E-state index in [4.69, 9.17) is 4.74 Å². The Kier molecular flexibility index (Phi) is 6.95. The first-order valence-corrected chi connectivity index (χ1v) is 11.1. The Hall–Kier alpha value is -4.57. The van der Waals surface area contributed by atoms with Gasteiger partial charge < -0.3 is 14.5 Å². The van der Waals surface area contributed by atoms with E-state index in [1.807, 2.05) is 0 Å². The Morgan fingerprint density at radius 3 is 2.25 bits per heavy atom. The second-order valence-electron chi connectivity index (χ2n) is 7.89. The fourth-order valence-electron chi connectivity index (χ4n) is 3.80. The highest BCUT2D eigenvalue weighted by molar-refractivity contribution is 5.52. The predicted octanol–water partition coefficient (Wildman–Crippen LogP) is 0.983. The molecule has 0 aromatic carbocycles. The first kappa shape index (κ1) is 23.2. The monoisotopic (exact) mass is 487 g/mol. The molecule has 0 saturated carbocycles. The molecule has 13 heteroatoms. The van der Waals surface area contributed by atoms with Crippen LogP contribution in [0.1, 0.15) is 11.1 Å². The van der Waals surface area contributed by atoms with Gasteiger partial charge in [0.15, 0.2) is 12.6 Å². The van der Waals surface area contributed by atoms with Crippen LogP contribution < -0.4 is 9.80 Å². The molecule has 12 nitrogen and oxygen atoms in total. The molecule has 0 amide bonds. The number of alkyl halides is 1. The Balaban J connectivity index is 1.23. The van der Waals surface area contributed by atoms with Gasteiger partial charge in [0.05, 0.1) is 35.5 Å². The van der Waals surface area contributed by atoms with E-state index in [1.54, 1.807) is 38.1 Å². The van der Waals surface area contributed by atoms with E-state index in [2.05, 4.69) is 61.6 Å². The van der Waals surface area contributed by atoms with Gasteiger partial charge in [0.2, 0.25) is 11.9 Å². The molecule has 5 rings (SSSR count). The van der Waals surface area contributed by atoms with Crippen LogP contribution in [-0.4, -0.2) is 84.1 Å². The predicted molar refractivity (Wildman–Crippen MR) is 127 cm³/mol. The van der Waals surface area contributed by atoms with Gasteiger partial charge in [-0.05, 0) is 0 Å². The molecule has 1 aliphatic heterocycles. The highest BCUT2D eigenvalue weighted by Crippen LogP contribution is 2.19. The van der Waals surface area contributed by atoms with Crippen LogP contribution in [0, 0.1) is 11.8 Å². The number of hydrogen-bond donors (Lipinski definition) is 0. The average Bonchev–Trinajstić information content (AvgIpc) is 3.43. The maximum Gasteiger partial charge on any atom is 0.228 e. The van der Waals surface area contributed by atoms with Crippen molar-refractivity contribution in [1.29, 1.82) is 0 Å². The lowest BCUT2D eigenvalue weighted by molar-refractivity contribution is 0.173. The molecule has 0 aliphatic carbocycles. The summed E-state index contributed by atoms with van der Waals surface area (Å²) in [5.74, 6) is 7.75. The zero-order valence-corrected chi connectivity index (χ0v) is 19.4. The summed E-state index contributed by atoms with van der Waals surface area (Å²) in [5.41, 5.74) is 1.94. The molecule has 0 radical (unpaired) electrons. The molecule has 1 fully saturated rings. The van der Waals surface area contributed by atoms with Crippen molar-refractivity contribution >= 4 is 11.9 Å². The smallest absolute Gasteiger partial charge is 0.228 e. The first-order chi connectivity index (χ1) is 17.7. The van der Waals surface area contributed by atoms with Gasteiger partial charge in [-0.3, -0.25) is 0 Å². The van der Waals surface area contributed by atoms with E-state index < -0.39 is 6.80 Å². The molecular weight excluding hydrogens is 465 g/mol. The van der Waals surface area contributed by atoms with Crippen molar-refractivity contribution in [3.8, 4) is 23.2 Å². The molecule has 1 aliphatic rings. The molecule has 1 saturated heterocycles. The quantitative estimate of drug-likeness (QED) is 0.362. The molecular formula is C23H22FN11O. The molecule has 0 unspecified atom stereocenters. The van der Waals surface area contributed by atoms with Crippen molar-refractivity contribution in [2.75, 3.05) is 43.2 Å². The van der Waals surface area contributed by atoms with Crippen LogP contribution in [0.4, 0.5) is 16.3 Å². The normalized spacial score (nSPS) is 15.4. The SMILES string of the molecule is COC[C@H]1CN(c2ncc(C#Cc3cnc(-c4cnn(CF)c4)nc3)cn2)CCN1c1ncncn1. The third kappa shape index (κ3) is 5.23. The van der Waals surface area contributed by atoms with Crippen LogP contribution >= 0.6 is 0 Å². The number of anilines is 2. The minimum absolute atomic E-state index is 0.0449. The summed E-state index contributed by atoms with van der Waals surface area (Å²) < 4.78 is 19.2. The average molecular weight is 488 g/mol. The van der Waals surface area contributed by atoms with Crippen LogP contribution in [0.5, 0.6) is 0 Å². The van der Waals surface area contributed by atoms with Crippen LogP contribution in [-0.2, 0) is 11.5 Å². The van der Waals surface area contributed by atoms with Gasteiger partial charge in [-0.25, -0.2) is 44.0 Å². The van der Waals surface area contributed by atoms with E-state index in [9.17, 15) is 4.39 Å². The van der Waals surface area contributed by atoms with Gasteiger partial charge in [0, 0.05) is 57.7 Å². The molecule has 0 bridgehead atoms. The van der Waals surface area contributed by atoms with E-state index in [1.165, 1.54) is 23.5 Å². The van der Waals surface area contributed by atoms with Crippen LogP contribution in [0.3, 0.4) is 0 Å². The summed E-state index contributed by atoms with van der Waals surface area (Å²) in [6, 6.07) is 0.0449. The number of aromatic nitrogens is 9. The molecule has 5 heterocycles. The Bertz CT molecular complexity index is 1340. The molecule has 182 valence electrons. The zero-order valence-electron chi connectivity index (χ0n) is 19.4. The van der Waals surface area contributed by atoms with Gasteiger partial charge >= 0.3 is 0 Å². The minimum atomic E-state index is -0.699. The summed E-state index contributed by atoms with van der Waals surface area (Å²) in [4.78, 5) is 34.2. The number of halogens is 1. The van der Waals surface area contributed by atoms with Crippen LogP contribution in [0.2, 0.25) is 0 Å². The lowest BCUT2D eigenvalue weighted by atomic mass is 10.2. The molecule has 0 spiro atoms. The fourth-order valence-corrected chi connectivity index (χ4v) is 3.80. The van der Waals surface area contributed by atoms with Gasteiger partial charge in [0.25, 0.3) is 0 Å². The third-order valence-corrected chi connectivity index (χ3v) is 5.52. The van der Waals surface area contributed by atoms with E-state index in [0.29, 0.717) is 60.7 Å². The standard InChI is InChI=1S/C23H22FN11O/c1-36-13-20-12-33(4-5-35(20)23-30-15-25-16-31-23)22-28-8-18(9-29-22)3-2-17-6-26-21(27-7-17)19-10-32-34(11-19)14-24/h6-11,15-16,20H,4-5,12-14H2,1H3/t20-/m1/s1. The van der Waals surface area contributed by atoms with Crippen molar-refractivity contribution in [2.45, 2.75) is 12.8 Å². The van der Waals surface area contributed by atoms with Crippen molar-refractivity contribution < 1.29 is 9.13 Å². The Labute approximate surface area is 206 Å². The Morgan fingerprint density at radius 2 is 1.61 bits per heavy atom. The second kappa shape index (κ2) is 10.8. The third-order valence-electron chi connectivity index (χ3n) is 5.52. The molecule has 0 N–H and O–H groups in total. The van der Waals surface area contributed by atoms with Crippen molar-refractivity contribution in [3.05, 3.63) is 61.0 Å². The highest BCUT2D eigenvalue weighted by Gasteiger charge is 2.30. The maximum atomic E-state index is 12.7. The van der Waals surface area contributed by atoms with Gasteiger partial charge in [-0.1, -0.05) is 11.8 Å². The van der Waals surface area contributed by atoms with Crippen molar-refractivity contribution in [3.63, 3.8) is 0 Å². The van der Waals surface area contributed by atoms with Gasteiger partial charge in [0.1, 0.15) is 12.7 Å².